The normalized spacial score (nSPS) is 14.2. The van der Waals surface area contributed by atoms with Gasteiger partial charge in [0.1, 0.15) is 18.0 Å². The van der Waals surface area contributed by atoms with Gasteiger partial charge >= 0.3 is 0 Å². The van der Waals surface area contributed by atoms with Gasteiger partial charge in [-0.25, -0.2) is 9.97 Å². The third kappa shape index (κ3) is 8.20. The molecule has 0 aliphatic carbocycles. The third-order valence-corrected chi connectivity index (χ3v) is 9.32. The Kier molecular flexibility index (Phi) is 10.3. The van der Waals surface area contributed by atoms with Crippen LogP contribution >= 0.6 is 0 Å². The number of aromatic nitrogens is 5. The van der Waals surface area contributed by atoms with Crippen LogP contribution in [0.15, 0.2) is 55.5 Å². The topological polar surface area (TPSA) is 109 Å². The molecule has 1 aliphatic heterocycles. The second kappa shape index (κ2) is 14.3. The van der Waals surface area contributed by atoms with E-state index in [-0.39, 0.29) is 5.91 Å². The predicted molar refractivity (Wildman–Crippen MR) is 175 cm³/mol. The number of hydrogen-bond acceptors (Lipinski definition) is 8. The van der Waals surface area contributed by atoms with Gasteiger partial charge < -0.3 is 24.1 Å². The first kappa shape index (κ1) is 31.6. The summed E-state index contributed by atoms with van der Waals surface area (Å²) in [5.74, 6) is 0.581. The molecule has 12 heteroatoms. The Morgan fingerprint density at radius 3 is 2.75 bits per heavy atom. The molecule has 0 radical (unpaired) electrons. The van der Waals surface area contributed by atoms with Gasteiger partial charge in [-0.15, -0.1) is 0 Å². The summed E-state index contributed by atoms with van der Waals surface area (Å²) in [4.78, 5) is 23.9. The monoisotopic (exact) mass is 617 g/mol. The summed E-state index contributed by atoms with van der Waals surface area (Å²) in [6, 6.07) is 8.21. The maximum atomic E-state index is 11.8. The van der Waals surface area contributed by atoms with E-state index in [0.29, 0.717) is 41.8 Å². The van der Waals surface area contributed by atoms with Crippen molar-refractivity contribution in [2.75, 3.05) is 44.8 Å². The molecule has 11 nitrogen and oxygen atoms in total. The molecule has 0 unspecified atom stereocenters. The summed E-state index contributed by atoms with van der Waals surface area (Å²) in [5.41, 5.74) is 5.03. The lowest BCUT2D eigenvalue weighted by Crippen LogP contribution is -2.37. The van der Waals surface area contributed by atoms with Crippen molar-refractivity contribution in [2.24, 2.45) is 0 Å². The van der Waals surface area contributed by atoms with Gasteiger partial charge in [0.2, 0.25) is 11.8 Å². The molecular formula is C32H43N7O4Si. The van der Waals surface area contributed by atoms with Crippen LogP contribution < -0.4 is 10.1 Å². The Bertz CT molecular complexity index is 1590. The minimum Gasteiger partial charge on any atom is -0.437 e. The highest BCUT2D eigenvalue weighted by Gasteiger charge is 2.20. The van der Waals surface area contributed by atoms with Crippen LogP contribution in [0.1, 0.15) is 12.1 Å². The quantitative estimate of drug-likeness (QED) is 0.111. The molecule has 1 aromatic carbocycles. The maximum absolute atomic E-state index is 11.8. The van der Waals surface area contributed by atoms with Crippen molar-refractivity contribution >= 4 is 30.8 Å². The van der Waals surface area contributed by atoms with Crippen molar-refractivity contribution < 1.29 is 19.0 Å². The first-order valence-corrected chi connectivity index (χ1v) is 18.9. The number of anilines is 1. The molecule has 44 heavy (non-hydrogen) atoms. The fraction of sp³-hybridized carbons (Fsp3) is 0.438. The molecule has 1 fully saturated rings. The van der Waals surface area contributed by atoms with E-state index in [1.807, 2.05) is 10.8 Å². The van der Waals surface area contributed by atoms with Gasteiger partial charge in [0.15, 0.2) is 5.65 Å². The predicted octanol–water partition coefficient (Wildman–Crippen LogP) is 5.55. The SMILES string of the molecule is C=CC(=O)Nc1cccc(Oc2cnc3c(n2)c(-c2cnn(CCCN4CCOCC4)c2C)cn3COCC[Si](C)(C)C)c1. The van der Waals surface area contributed by atoms with Crippen LogP contribution in [-0.4, -0.2) is 82.7 Å². The van der Waals surface area contributed by atoms with Gasteiger partial charge in [0, 0.05) is 75.6 Å². The zero-order valence-corrected chi connectivity index (χ0v) is 27.2. The lowest BCUT2D eigenvalue weighted by atomic mass is 10.1. The van der Waals surface area contributed by atoms with E-state index in [1.165, 1.54) is 6.08 Å². The molecule has 3 aromatic heterocycles. The number of nitrogens with one attached hydrogen (secondary N) is 1. The fourth-order valence-electron chi connectivity index (χ4n) is 5.08. The van der Waals surface area contributed by atoms with E-state index in [0.717, 1.165) is 68.7 Å². The molecule has 1 aliphatic rings. The van der Waals surface area contributed by atoms with Gasteiger partial charge in [0.05, 0.1) is 25.6 Å². The summed E-state index contributed by atoms with van der Waals surface area (Å²) in [5, 5.41) is 7.49. The third-order valence-electron chi connectivity index (χ3n) is 7.62. The summed E-state index contributed by atoms with van der Waals surface area (Å²) < 4.78 is 21.8. The summed E-state index contributed by atoms with van der Waals surface area (Å²) in [6.07, 6.45) is 7.81. The van der Waals surface area contributed by atoms with E-state index in [4.69, 9.17) is 29.3 Å². The molecule has 0 bridgehead atoms. The van der Waals surface area contributed by atoms with Crippen LogP contribution in [0.3, 0.4) is 0 Å². The van der Waals surface area contributed by atoms with E-state index in [2.05, 4.69) is 54.2 Å². The van der Waals surface area contributed by atoms with Gasteiger partial charge in [-0.05, 0) is 37.6 Å². The van der Waals surface area contributed by atoms with Gasteiger partial charge in [0.25, 0.3) is 0 Å². The molecule has 4 heterocycles. The average molecular weight is 618 g/mol. The van der Waals surface area contributed by atoms with Crippen LogP contribution in [0.4, 0.5) is 5.69 Å². The highest BCUT2D eigenvalue weighted by Crippen LogP contribution is 2.33. The smallest absolute Gasteiger partial charge is 0.247 e. The first-order chi connectivity index (χ1) is 21.2. The van der Waals surface area contributed by atoms with E-state index in [1.54, 1.807) is 30.5 Å². The number of fused-ring (bicyclic) bond motifs is 1. The van der Waals surface area contributed by atoms with Crippen molar-refractivity contribution in [3.8, 4) is 22.8 Å². The number of carbonyl (C=O) groups is 1. The van der Waals surface area contributed by atoms with E-state index in [9.17, 15) is 4.79 Å². The standard InChI is InChI=1S/C32H43N7O4Si/c1-6-29(40)35-25-9-7-10-26(19-25)43-30-21-33-32-31(36-30)28(22-38(32)23-42-17-18-44(3,4)5)27-20-34-39(24(27)2)12-8-11-37-13-15-41-16-14-37/h6-7,9-10,19-22H,1,8,11-18,23H2,2-5H3,(H,35,40). The Hall–Kier alpha value is -3.84. The number of amides is 1. The molecule has 0 saturated carbocycles. The number of rotatable bonds is 14. The lowest BCUT2D eigenvalue weighted by molar-refractivity contribution is -0.111. The van der Waals surface area contributed by atoms with Crippen molar-refractivity contribution in [3.63, 3.8) is 0 Å². The van der Waals surface area contributed by atoms with E-state index < -0.39 is 8.07 Å². The number of benzene rings is 1. The Labute approximate surface area is 259 Å². The largest absolute Gasteiger partial charge is 0.437 e. The van der Waals surface area contributed by atoms with E-state index >= 15 is 0 Å². The molecule has 0 atom stereocenters. The number of hydrogen-bond donors (Lipinski definition) is 1. The molecule has 4 aromatic rings. The Morgan fingerprint density at radius 2 is 1.98 bits per heavy atom. The number of nitrogens with zero attached hydrogens (tertiary/aromatic N) is 6. The van der Waals surface area contributed by atoms with Gasteiger partial charge in [-0.2, -0.15) is 5.10 Å². The molecule has 5 rings (SSSR count). The molecule has 234 valence electrons. The number of aryl methyl sites for hydroxylation is 1. The van der Waals surface area contributed by atoms with Crippen molar-refractivity contribution in [2.45, 2.75) is 52.3 Å². The van der Waals surface area contributed by atoms with Gasteiger partial charge in [-0.3, -0.25) is 14.4 Å². The number of carbonyl (C=O) groups excluding carboxylic acids is 1. The van der Waals surface area contributed by atoms with Crippen molar-refractivity contribution in [1.82, 2.24) is 29.2 Å². The minimum absolute atomic E-state index is 0.293. The minimum atomic E-state index is -1.21. The molecule has 0 spiro atoms. The highest BCUT2D eigenvalue weighted by molar-refractivity contribution is 6.76. The summed E-state index contributed by atoms with van der Waals surface area (Å²) in [6.45, 7) is 19.2. The van der Waals surface area contributed by atoms with Crippen molar-refractivity contribution in [1.29, 1.82) is 0 Å². The average Bonchev–Trinajstić information content (AvgIpc) is 3.54. The Morgan fingerprint density at radius 1 is 1.16 bits per heavy atom. The molecule has 1 N–H and O–H groups in total. The van der Waals surface area contributed by atoms with Crippen LogP contribution in [0.2, 0.25) is 25.7 Å². The molecule has 1 amide bonds. The second-order valence-electron chi connectivity index (χ2n) is 12.2. The van der Waals surface area contributed by atoms with Crippen LogP contribution in [0.25, 0.3) is 22.3 Å². The highest BCUT2D eigenvalue weighted by atomic mass is 28.3. The van der Waals surface area contributed by atoms with Crippen LogP contribution in [0.5, 0.6) is 11.6 Å². The fourth-order valence-corrected chi connectivity index (χ4v) is 5.83. The first-order valence-electron chi connectivity index (χ1n) is 15.2. The van der Waals surface area contributed by atoms with Gasteiger partial charge in [-0.1, -0.05) is 32.3 Å². The number of ether oxygens (including phenoxy) is 3. The second-order valence-corrected chi connectivity index (χ2v) is 17.9. The maximum Gasteiger partial charge on any atom is 0.247 e. The zero-order chi connectivity index (χ0) is 31.1. The molecular weight excluding hydrogens is 574 g/mol. The summed E-state index contributed by atoms with van der Waals surface area (Å²) >= 11 is 0. The zero-order valence-electron chi connectivity index (χ0n) is 26.2. The van der Waals surface area contributed by atoms with Crippen LogP contribution in [0, 0.1) is 6.92 Å². The van der Waals surface area contributed by atoms with Crippen molar-refractivity contribution in [3.05, 3.63) is 61.2 Å². The van der Waals surface area contributed by atoms with Crippen LogP contribution in [-0.2, 0) is 27.5 Å². The summed E-state index contributed by atoms with van der Waals surface area (Å²) in [7, 11) is -1.21. The number of morpholine rings is 1. The Balaban J connectivity index is 1.39. The lowest BCUT2D eigenvalue weighted by Gasteiger charge is -2.26. The molecule has 1 saturated heterocycles.